The Morgan fingerprint density at radius 3 is 2.48 bits per heavy atom. The van der Waals surface area contributed by atoms with E-state index < -0.39 is 15.3 Å². The average Bonchev–Trinajstić information content (AvgIpc) is 2.53. The molecule has 0 aromatic heterocycles. The van der Waals surface area contributed by atoms with Crippen molar-refractivity contribution in [2.75, 3.05) is 12.3 Å². The minimum absolute atomic E-state index is 0. The molecule has 1 aliphatic heterocycles. The first-order chi connectivity index (χ1) is 10.4. The van der Waals surface area contributed by atoms with E-state index in [2.05, 4.69) is 5.32 Å². The molecule has 0 radical (unpaired) electrons. The normalized spacial score (nSPS) is 19.3. The maximum atomic E-state index is 12.7. The van der Waals surface area contributed by atoms with Gasteiger partial charge in [0.2, 0.25) is 5.91 Å². The van der Waals surface area contributed by atoms with E-state index in [0.717, 1.165) is 0 Å². The Balaban J connectivity index is 0.00000264. The molecular weight excluding hydrogens is 336 g/mol. The number of amides is 1. The van der Waals surface area contributed by atoms with Gasteiger partial charge in [0.1, 0.15) is 0 Å². The van der Waals surface area contributed by atoms with Crippen molar-refractivity contribution in [2.24, 2.45) is 11.1 Å². The summed E-state index contributed by atoms with van der Waals surface area (Å²) in [5.74, 6) is -0.0258. The number of sulfone groups is 1. The van der Waals surface area contributed by atoms with Gasteiger partial charge in [0.15, 0.2) is 9.84 Å². The predicted molar refractivity (Wildman–Crippen MR) is 93.3 cm³/mol. The molecule has 0 aliphatic carbocycles. The van der Waals surface area contributed by atoms with Crippen LogP contribution in [0.3, 0.4) is 0 Å². The Morgan fingerprint density at radius 2 is 1.91 bits per heavy atom. The van der Waals surface area contributed by atoms with Crippen LogP contribution in [0.1, 0.15) is 44.7 Å². The third kappa shape index (κ3) is 3.70. The van der Waals surface area contributed by atoms with Crippen LogP contribution in [0.5, 0.6) is 0 Å². The molecule has 5 nitrogen and oxygen atoms in total. The molecule has 2 rings (SSSR count). The van der Waals surface area contributed by atoms with Crippen molar-refractivity contribution in [3.05, 3.63) is 29.8 Å². The molecule has 1 heterocycles. The van der Waals surface area contributed by atoms with E-state index in [0.29, 0.717) is 36.3 Å². The van der Waals surface area contributed by atoms with Gasteiger partial charge in [0.25, 0.3) is 0 Å². The third-order valence-corrected chi connectivity index (χ3v) is 6.65. The van der Waals surface area contributed by atoms with Crippen LogP contribution >= 0.6 is 12.4 Å². The van der Waals surface area contributed by atoms with Crippen LogP contribution in [0.15, 0.2) is 29.2 Å². The van der Waals surface area contributed by atoms with Crippen LogP contribution in [-0.2, 0) is 14.6 Å². The highest BCUT2D eigenvalue weighted by Crippen LogP contribution is 2.33. The summed E-state index contributed by atoms with van der Waals surface area (Å²) in [4.78, 5) is 13.0. The largest absolute Gasteiger partial charge is 0.349 e. The molecule has 130 valence electrons. The number of carbonyl (C=O) groups excluding carboxylic acids is 1. The number of fused-ring (bicyclic) bond motifs is 1. The highest BCUT2D eigenvalue weighted by atomic mass is 35.5. The predicted octanol–water partition coefficient (Wildman–Crippen LogP) is 2.21. The van der Waals surface area contributed by atoms with Crippen molar-refractivity contribution in [1.82, 2.24) is 5.32 Å². The summed E-state index contributed by atoms with van der Waals surface area (Å²) < 4.78 is 24.3. The van der Waals surface area contributed by atoms with E-state index in [4.69, 9.17) is 5.73 Å². The van der Waals surface area contributed by atoms with Gasteiger partial charge < -0.3 is 11.1 Å². The molecule has 1 unspecified atom stereocenters. The van der Waals surface area contributed by atoms with Crippen LogP contribution in [-0.4, -0.2) is 26.6 Å². The third-order valence-electron chi connectivity index (χ3n) is 4.84. The van der Waals surface area contributed by atoms with Crippen molar-refractivity contribution < 1.29 is 13.2 Å². The first-order valence-corrected chi connectivity index (χ1v) is 9.38. The summed E-state index contributed by atoms with van der Waals surface area (Å²) in [7, 11) is -3.24. The zero-order valence-electron chi connectivity index (χ0n) is 13.5. The summed E-state index contributed by atoms with van der Waals surface area (Å²) in [5, 5.41) is 3.02. The Kier molecular flexibility index (Phi) is 6.62. The van der Waals surface area contributed by atoms with E-state index in [-0.39, 0.29) is 30.1 Å². The van der Waals surface area contributed by atoms with Crippen LogP contribution in [0.25, 0.3) is 0 Å². The second kappa shape index (κ2) is 7.64. The van der Waals surface area contributed by atoms with E-state index in [1.54, 1.807) is 24.3 Å². The van der Waals surface area contributed by atoms with Crippen LogP contribution in [0, 0.1) is 5.41 Å². The minimum Gasteiger partial charge on any atom is -0.349 e. The van der Waals surface area contributed by atoms with Crippen LogP contribution in [0.2, 0.25) is 0 Å². The molecule has 0 fully saturated rings. The van der Waals surface area contributed by atoms with E-state index in [9.17, 15) is 13.2 Å². The Bertz CT molecular complexity index is 649. The fourth-order valence-electron chi connectivity index (χ4n) is 3.00. The molecule has 23 heavy (non-hydrogen) atoms. The number of hydrogen-bond donors (Lipinski definition) is 2. The smallest absolute Gasteiger partial charge is 0.227 e. The molecule has 1 aromatic carbocycles. The van der Waals surface area contributed by atoms with Gasteiger partial charge in [-0.3, -0.25) is 4.79 Å². The van der Waals surface area contributed by atoms with E-state index in [1.807, 2.05) is 13.8 Å². The molecule has 0 saturated heterocycles. The first kappa shape index (κ1) is 19.9. The highest BCUT2D eigenvalue weighted by Gasteiger charge is 2.37. The average molecular weight is 361 g/mol. The number of halogens is 1. The molecule has 0 spiro atoms. The van der Waals surface area contributed by atoms with Crippen molar-refractivity contribution in [2.45, 2.75) is 44.0 Å². The zero-order valence-corrected chi connectivity index (χ0v) is 15.2. The maximum absolute atomic E-state index is 12.7. The molecule has 7 heteroatoms. The van der Waals surface area contributed by atoms with Gasteiger partial charge in [-0.15, -0.1) is 12.4 Å². The zero-order chi connectivity index (χ0) is 16.4. The SMILES string of the molecule is CCC(CC)(CN)C(=O)NC1CCS(=O)(=O)c2ccccc21.Cl. The van der Waals surface area contributed by atoms with Gasteiger partial charge in [0.05, 0.1) is 22.1 Å². The number of nitrogens with one attached hydrogen (secondary N) is 1. The van der Waals surface area contributed by atoms with Gasteiger partial charge in [-0.05, 0) is 30.9 Å². The highest BCUT2D eigenvalue weighted by molar-refractivity contribution is 7.91. The lowest BCUT2D eigenvalue weighted by atomic mass is 9.81. The number of hydrogen-bond acceptors (Lipinski definition) is 4. The molecule has 1 atom stereocenters. The Labute approximate surface area is 144 Å². The van der Waals surface area contributed by atoms with Crippen LogP contribution in [0.4, 0.5) is 0 Å². The van der Waals surface area contributed by atoms with E-state index >= 15 is 0 Å². The molecule has 3 N–H and O–H groups in total. The van der Waals surface area contributed by atoms with Crippen molar-refractivity contribution >= 4 is 28.2 Å². The fraction of sp³-hybridized carbons (Fsp3) is 0.562. The van der Waals surface area contributed by atoms with Gasteiger partial charge in [-0.2, -0.15) is 0 Å². The summed E-state index contributed by atoms with van der Waals surface area (Å²) in [6.45, 7) is 4.20. The lowest BCUT2D eigenvalue weighted by molar-refractivity contribution is -0.131. The summed E-state index contributed by atoms with van der Waals surface area (Å²) >= 11 is 0. The molecule has 0 saturated carbocycles. The van der Waals surface area contributed by atoms with Gasteiger partial charge in [0, 0.05) is 6.54 Å². The van der Waals surface area contributed by atoms with Gasteiger partial charge in [-0.1, -0.05) is 32.0 Å². The molecular formula is C16H25ClN2O3S. The minimum atomic E-state index is -3.24. The van der Waals surface area contributed by atoms with Crippen molar-refractivity contribution in [1.29, 1.82) is 0 Å². The Morgan fingerprint density at radius 1 is 1.30 bits per heavy atom. The topological polar surface area (TPSA) is 89.3 Å². The molecule has 1 aliphatic rings. The summed E-state index contributed by atoms with van der Waals surface area (Å²) in [5.41, 5.74) is 5.92. The number of rotatable bonds is 5. The lowest BCUT2D eigenvalue weighted by Crippen LogP contribution is -2.47. The number of benzene rings is 1. The summed E-state index contributed by atoms with van der Waals surface area (Å²) in [6.07, 6.45) is 1.73. The first-order valence-electron chi connectivity index (χ1n) is 7.73. The second-order valence-electron chi connectivity index (χ2n) is 5.86. The van der Waals surface area contributed by atoms with Gasteiger partial charge in [-0.25, -0.2) is 8.42 Å². The van der Waals surface area contributed by atoms with Crippen molar-refractivity contribution in [3.63, 3.8) is 0 Å². The van der Waals surface area contributed by atoms with Crippen LogP contribution < -0.4 is 11.1 Å². The second-order valence-corrected chi connectivity index (χ2v) is 7.94. The monoisotopic (exact) mass is 360 g/mol. The lowest BCUT2D eigenvalue weighted by Gasteiger charge is -2.33. The van der Waals surface area contributed by atoms with E-state index in [1.165, 1.54) is 0 Å². The quantitative estimate of drug-likeness (QED) is 0.842. The van der Waals surface area contributed by atoms with Crippen molar-refractivity contribution in [3.8, 4) is 0 Å². The van der Waals surface area contributed by atoms with Gasteiger partial charge >= 0.3 is 0 Å². The summed E-state index contributed by atoms with van der Waals surface area (Å²) in [6, 6.07) is 6.63. The maximum Gasteiger partial charge on any atom is 0.227 e. The standard InChI is InChI=1S/C16H24N2O3S.ClH/c1-3-16(4-2,11-17)15(19)18-13-9-10-22(20,21)14-8-6-5-7-12(13)14;/h5-8,13H,3-4,9-11,17H2,1-2H3,(H,18,19);1H. The number of nitrogens with two attached hydrogens (primary N) is 1. The molecule has 1 amide bonds. The molecule has 1 aromatic rings. The Hall–Kier alpha value is -1.11. The number of carbonyl (C=O) groups is 1. The molecule has 0 bridgehead atoms. The fourth-order valence-corrected chi connectivity index (χ4v) is 4.63.